The number of carbonyl (C=O) groups excluding carboxylic acids is 3. The molecule has 4 heterocycles. The molecule has 1 aromatic heterocycles. The Morgan fingerprint density at radius 2 is 1.57 bits per heavy atom. The van der Waals surface area contributed by atoms with Crippen LogP contribution in [0.2, 0.25) is 0 Å². The first kappa shape index (κ1) is 28.1. The monoisotopic (exact) mass is 546 g/mol. The van der Waals surface area contributed by atoms with Crippen molar-refractivity contribution in [2.45, 2.75) is 96.4 Å². The van der Waals surface area contributed by atoms with Gasteiger partial charge in [-0.05, 0) is 108 Å². The Labute approximate surface area is 236 Å². The van der Waals surface area contributed by atoms with Gasteiger partial charge in [0.1, 0.15) is 5.82 Å². The number of nitrogens with one attached hydrogen (secondary N) is 2. The molecular formula is C31H42N6O3. The SMILES string of the molecule is Cc1cc(C(=O)NC2CC3CCC(C2)N3c2ccc(C(=O)N[C@H]3CCCN(C(C)C)C3)cn2)c(C)cc1C(N)=O. The van der Waals surface area contributed by atoms with Gasteiger partial charge < -0.3 is 21.3 Å². The Balaban J connectivity index is 1.19. The Bertz CT molecular complexity index is 1260. The average molecular weight is 547 g/mol. The van der Waals surface area contributed by atoms with Crippen LogP contribution in [0.25, 0.3) is 0 Å². The summed E-state index contributed by atoms with van der Waals surface area (Å²) in [6.45, 7) is 10.0. The normalized spacial score (nSPS) is 24.7. The lowest BCUT2D eigenvalue weighted by atomic mass is 9.95. The number of aryl methyl sites for hydroxylation is 2. The molecule has 3 saturated heterocycles. The molecule has 9 heteroatoms. The molecule has 0 spiro atoms. The van der Waals surface area contributed by atoms with Gasteiger partial charge in [0.2, 0.25) is 5.91 Å². The summed E-state index contributed by atoms with van der Waals surface area (Å²) in [5, 5.41) is 6.44. The number of rotatable bonds is 7. The second kappa shape index (κ2) is 11.6. The third-order valence-corrected chi connectivity index (χ3v) is 8.94. The summed E-state index contributed by atoms with van der Waals surface area (Å²) < 4.78 is 0. The maximum atomic E-state index is 13.2. The van der Waals surface area contributed by atoms with Crippen LogP contribution < -0.4 is 21.3 Å². The Morgan fingerprint density at radius 1 is 0.925 bits per heavy atom. The van der Waals surface area contributed by atoms with Crippen molar-refractivity contribution in [1.29, 1.82) is 0 Å². The second-order valence-electron chi connectivity index (χ2n) is 12.1. The van der Waals surface area contributed by atoms with Crippen LogP contribution in [0, 0.1) is 13.8 Å². The van der Waals surface area contributed by atoms with Crippen molar-refractivity contribution in [1.82, 2.24) is 20.5 Å². The zero-order chi connectivity index (χ0) is 28.6. The molecule has 214 valence electrons. The quantitative estimate of drug-likeness (QED) is 0.490. The van der Waals surface area contributed by atoms with E-state index in [0.29, 0.717) is 40.4 Å². The Hall–Kier alpha value is -3.46. The van der Waals surface area contributed by atoms with Gasteiger partial charge in [-0.25, -0.2) is 4.98 Å². The fourth-order valence-electron chi connectivity index (χ4n) is 6.79. The molecule has 3 amide bonds. The highest BCUT2D eigenvalue weighted by Gasteiger charge is 2.42. The minimum absolute atomic E-state index is 0.0616. The van der Waals surface area contributed by atoms with E-state index in [2.05, 4.69) is 34.3 Å². The van der Waals surface area contributed by atoms with E-state index >= 15 is 0 Å². The number of fused-ring (bicyclic) bond motifs is 2. The summed E-state index contributed by atoms with van der Waals surface area (Å²) >= 11 is 0. The standard InChI is InChI=1S/C31H42N6O3/c1-18(2)36-11-5-6-22(17-36)34-30(39)21-7-10-28(33-16-21)37-24-8-9-25(37)15-23(14-24)35-31(40)27-13-19(3)26(29(32)38)12-20(27)4/h7,10,12-13,16,18,22-25H,5-6,8-9,11,14-15,17H2,1-4H3,(H2,32,38)(H,34,39)(H,35,40)/t22-,23?,24?,25?/m0/s1. The van der Waals surface area contributed by atoms with E-state index in [-0.39, 0.29) is 23.9 Å². The van der Waals surface area contributed by atoms with Crippen molar-refractivity contribution in [3.8, 4) is 0 Å². The molecule has 0 saturated carbocycles. The fraction of sp³-hybridized carbons (Fsp3) is 0.548. The molecule has 40 heavy (non-hydrogen) atoms. The molecule has 2 bridgehead atoms. The Kier molecular flexibility index (Phi) is 8.12. The van der Waals surface area contributed by atoms with Gasteiger partial charge in [-0.2, -0.15) is 0 Å². The number of primary amides is 1. The maximum Gasteiger partial charge on any atom is 0.253 e. The molecule has 3 aliphatic heterocycles. The van der Waals surface area contributed by atoms with E-state index in [1.807, 2.05) is 19.1 Å². The van der Waals surface area contributed by atoms with Crippen molar-refractivity contribution < 1.29 is 14.4 Å². The molecule has 4 N–H and O–H groups in total. The smallest absolute Gasteiger partial charge is 0.253 e. The lowest BCUT2D eigenvalue weighted by Crippen LogP contribution is -2.51. The minimum atomic E-state index is -0.485. The van der Waals surface area contributed by atoms with Gasteiger partial charge in [0, 0.05) is 54.1 Å². The number of nitrogens with two attached hydrogens (primary N) is 1. The van der Waals surface area contributed by atoms with Crippen LogP contribution in [0.4, 0.5) is 5.82 Å². The number of hydrogen-bond donors (Lipinski definition) is 3. The van der Waals surface area contributed by atoms with Gasteiger partial charge in [0.15, 0.2) is 0 Å². The summed E-state index contributed by atoms with van der Waals surface area (Å²) in [6.07, 6.45) is 7.60. The van der Waals surface area contributed by atoms with E-state index in [4.69, 9.17) is 10.7 Å². The number of benzene rings is 1. The van der Waals surface area contributed by atoms with Crippen LogP contribution in [0.5, 0.6) is 0 Å². The number of pyridine rings is 1. The van der Waals surface area contributed by atoms with Crippen LogP contribution in [0.15, 0.2) is 30.5 Å². The molecule has 5 rings (SSSR count). The van der Waals surface area contributed by atoms with Crippen LogP contribution in [0.3, 0.4) is 0 Å². The van der Waals surface area contributed by atoms with Crippen LogP contribution >= 0.6 is 0 Å². The largest absolute Gasteiger partial charge is 0.366 e. The summed E-state index contributed by atoms with van der Waals surface area (Å²) in [6, 6.07) is 8.61. The third-order valence-electron chi connectivity index (χ3n) is 8.94. The highest BCUT2D eigenvalue weighted by Crippen LogP contribution is 2.38. The van der Waals surface area contributed by atoms with Gasteiger partial charge in [0.05, 0.1) is 5.56 Å². The second-order valence-corrected chi connectivity index (χ2v) is 12.1. The molecule has 2 aromatic rings. The molecular weight excluding hydrogens is 504 g/mol. The van der Waals surface area contributed by atoms with Crippen LogP contribution in [0.1, 0.15) is 94.6 Å². The molecule has 0 radical (unpaired) electrons. The van der Waals surface area contributed by atoms with Gasteiger partial charge in [-0.1, -0.05) is 0 Å². The fourth-order valence-corrected chi connectivity index (χ4v) is 6.79. The maximum absolute atomic E-state index is 13.2. The zero-order valence-corrected chi connectivity index (χ0v) is 24.1. The first-order valence-electron chi connectivity index (χ1n) is 14.6. The molecule has 9 nitrogen and oxygen atoms in total. The number of nitrogens with zero attached hydrogens (tertiary/aromatic N) is 3. The molecule has 3 aliphatic rings. The lowest BCUT2D eigenvalue weighted by molar-refractivity contribution is 0.0884. The van der Waals surface area contributed by atoms with E-state index < -0.39 is 5.91 Å². The summed E-state index contributed by atoms with van der Waals surface area (Å²) in [5.74, 6) is 0.234. The number of hydrogen-bond acceptors (Lipinski definition) is 6. The van der Waals surface area contributed by atoms with E-state index in [9.17, 15) is 14.4 Å². The van der Waals surface area contributed by atoms with Crippen molar-refractivity contribution in [3.63, 3.8) is 0 Å². The highest BCUT2D eigenvalue weighted by atomic mass is 16.2. The predicted octanol–water partition coefficient (Wildman–Crippen LogP) is 3.33. The number of likely N-dealkylation sites (tertiary alicyclic amines) is 1. The minimum Gasteiger partial charge on any atom is -0.366 e. The zero-order valence-electron chi connectivity index (χ0n) is 24.1. The van der Waals surface area contributed by atoms with Crippen LogP contribution in [-0.4, -0.2) is 70.9 Å². The van der Waals surface area contributed by atoms with Crippen molar-refractivity contribution in [2.24, 2.45) is 5.73 Å². The molecule has 2 unspecified atom stereocenters. The first-order valence-corrected chi connectivity index (χ1v) is 14.6. The summed E-state index contributed by atoms with van der Waals surface area (Å²) in [4.78, 5) is 47.2. The average Bonchev–Trinajstić information content (AvgIpc) is 3.19. The number of carbonyl (C=O) groups is 3. The number of piperidine rings is 2. The Morgan fingerprint density at radius 3 is 2.20 bits per heavy atom. The van der Waals surface area contributed by atoms with Crippen LogP contribution in [-0.2, 0) is 0 Å². The van der Waals surface area contributed by atoms with Gasteiger partial charge in [-0.3, -0.25) is 19.3 Å². The third kappa shape index (κ3) is 5.84. The van der Waals surface area contributed by atoms with Gasteiger partial charge >= 0.3 is 0 Å². The number of anilines is 1. The topological polar surface area (TPSA) is 121 Å². The number of amides is 3. The summed E-state index contributed by atoms with van der Waals surface area (Å²) in [7, 11) is 0. The predicted molar refractivity (Wildman–Crippen MR) is 156 cm³/mol. The molecule has 1 aromatic carbocycles. The number of aromatic nitrogens is 1. The molecule has 3 fully saturated rings. The lowest BCUT2D eigenvalue weighted by Gasteiger charge is -2.40. The van der Waals surface area contributed by atoms with Crippen molar-refractivity contribution >= 4 is 23.5 Å². The highest BCUT2D eigenvalue weighted by molar-refractivity contribution is 5.99. The van der Waals surface area contributed by atoms with Crippen molar-refractivity contribution in [2.75, 3.05) is 18.0 Å². The van der Waals surface area contributed by atoms with E-state index in [0.717, 1.165) is 63.0 Å². The first-order chi connectivity index (χ1) is 19.1. The molecule has 0 aliphatic carbocycles. The van der Waals surface area contributed by atoms with E-state index in [1.165, 1.54) is 0 Å². The molecule has 3 atom stereocenters. The van der Waals surface area contributed by atoms with Gasteiger partial charge in [0.25, 0.3) is 11.8 Å². The van der Waals surface area contributed by atoms with Crippen molar-refractivity contribution in [3.05, 3.63) is 58.3 Å². The summed E-state index contributed by atoms with van der Waals surface area (Å²) in [5.41, 5.74) is 8.53. The van der Waals surface area contributed by atoms with E-state index in [1.54, 1.807) is 25.3 Å². The van der Waals surface area contributed by atoms with Gasteiger partial charge in [-0.15, -0.1) is 0 Å².